The maximum absolute atomic E-state index is 12.1. The minimum absolute atomic E-state index is 0.0267. The van der Waals surface area contributed by atoms with Crippen LogP contribution in [0.5, 0.6) is 0 Å². The molecule has 0 aliphatic carbocycles. The zero-order chi connectivity index (χ0) is 13.3. The van der Waals surface area contributed by atoms with Crippen molar-refractivity contribution in [2.24, 2.45) is 5.73 Å². The van der Waals surface area contributed by atoms with Crippen LogP contribution in [0, 0.1) is 0 Å². The van der Waals surface area contributed by atoms with Gasteiger partial charge in [0.1, 0.15) is 0 Å². The normalized spacial score (nSPS) is 24.7. The van der Waals surface area contributed by atoms with Crippen molar-refractivity contribution in [3.63, 3.8) is 0 Å². The van der Waals surface area contributed by atoms with Crippen LogP contribution in [0.4, 0.5) is 0 Å². The lowest BCUT2D eigenvalue weighted by atomic mass is 9.95. The summed E-state index contributed by atoms with van der Waals surface area (Å²) in [5, 5.41) is 0. The Morgan fingerprint density at radius 1 is 1.56 bits per heavy atom. The molecular weight excluding hydrogens is 380 g/mol. The Kier molecular flexibility index (Phi) is 4.86. The van der Waals surface area contributed by atoms with E-state index in [1.807, 2.05) is 4.90 Å². The summed E-state index contributed by atoms with van der Waals surface area (Å²) in [4.78, 5) is 15.2. The molecule has 0 aromatic carbocycles. The number of likely N-dealkylation sites (tertiary alicyclic amines) is 1. The minimum Gasteiger partial charge on any atom is -0.333 e. The van der Waals surface area contributed by atoms with Gasteiger partial charge in [0.25, 0.3) is 0 Å². The van der Waals surface area contributed by atoms with E-state index in [-0.39, 0.29) is 18.0 Å². The van der Waals surface area contributed by atoms with Crippen LogP contribution in [0.3, 0.4) is 0 Å². The Morgan fingerprint density at radius 3 is 2.83 bits per heavy atom. The van der Waals surface area contributed by atoms with E-state index in [9.17, 15) is 4.79 Å². The van der Waals surface area contributed by atoms with Crippen LogP contribution in [0.25, 0.3) is 0 Å². The van der Waals surface area contributed by atoms with Crippen LogP contribution in [0.2, 0.25) is 0 Å². The van der Waals surface area contributed by atoms with E-state index in [4.69, 9.17) is 5.73 Å². The lowest BCUT2D eigenvalue weighted by molar-refractivity contribution is -0.137. The zero-order valence-corrected chi connectivity index (χ0v) is 14.1. The monoisotopic (exact) mass is 394 g/mol. The molecule has 2 unspecified atom stereocenters. The molecule has 1 aromatic rings. The number of rotatable bonds is 3. The smallest absolute Gasteiger partial charge is 0.223 e. The van der Waals surface area contributed by atoms with Gasteiger partial charge in [-0.05, 0) is 50.8 Å². The van der Waals surface area contributed by atoms with Crippen molar-refractivity contribution in [2.45, 2.75) is 38.3 Å². The SMILES string of the molecule is CCCN1C(=O)CCC(N)C1c1cc(Br)c(Br)s1. The number of halogens is 2. The second kappa shape index (κ2) is 6.03. The fourth-order valence-corrected chi connectivity index (χ4v) is 4.64. The van der Waals surface area contributed by atoms with E-state index < -0.39 is 0 Å². The Labute approximate surface area is 128 Å². The fraction of sp³-hybridized carbons (Fsp3) is 0.583. The molecule has 0 spiro atoms. The summed E-state index contributed by atoms with van der Waals surface area (Å²) in [6, 6.07) is 2.13. The molecule has 3 nitrogen and oxygen atoms in total. The Morgan fingerprint density at radius 2 is 2.28 bits per heavy atom. The van der Waals surface area contributed by atoms with Crippen LogP contribution in [0.1, 0.15) is 37.1 Å². The van der Waals surface area contributed by atoms with Gasteiger partial charge in [0, 0.05) is 28.4 Å². The van der Waals surface area contributed by atoms with Gasteiger partial charge in [0.05, 0.1) is 9.83 Å². The van der Waals surface area contributed by atoms with Crippen molar-refractivity contribution >= 4 is 49.1 Å². The van der Waals surface area contributed by atoms with Crippen molar-refractivity contribution in [1.29, 1.82) is 0 Å². The Bertz CT molecular complexity index is 430. The molecule has 0 radical (unpaired) electrons. The maximum Gasteiger partial charge on any atom is 0.223 e. The third-order valence-electron chi connectivity index (χ3n) is 3.17. The number of thiophene rings is 1. The molecule has 100 valence electrons. The van der Waals surface area contributed by atoms with Crippen molar-refractivity contribution in [1.82, 2.24) is 4.90 Å². The average molecular weight is 396 g/mol. The first-order valence-corrected chi connectivity index (χ1v) is 8.44. The summed E-state index contributed by atoms with van der Waals surface area (Å²) in [6.45, 7) is 2.87. The van der Waals surface area contributed by atoms with Gasteiger partial charge in [-0.2, -0.15) is 0 Å². The van der Waals surface area contributed by atoms with Gasteiger partial charge < -0.3 is 10.6 Å². The van der Waals surface area contributed by atoms with Gasteiger partial charge in [0.2, 0.25) is 5.91 Å². The average Bonchev–Trinajstić information content (AvgIpc) is 2.64. The predicted molar refractivity (Wildman–Crippen MR) is 81.7 cm³/mol. The quantitative estimate of drug-likeness (QED) is 0.848. The first-order chi connectivity index (χ1) is 8.54. The highest BCUT2D eigenvalue weighted by molar-refractivity contribution is 9.13. The molecule has 1 aliphatic rings. The number of hydrogen-bond acceptors (Lipinski definition) is 3. The van der Waals surface area contributed by atoms with Crippen molar-refractivity contribution < 1.29 is 4.79 Å². The standard InChI is InChI=1S/C12H16Br2N2OS/c1-2-5-16-10(17)4-3-8(15)11(16)9-6-7(13)12(14)18-9/h6,8,11H,2-5,15H2,1H3. The summed E-state index contributed by atoms with van der Waals surface area (Å²) >= 11 is 8.65. The molecule has 1 amide bonds. The van der Waals surface area contributed by atoms with E-state index >= 15 is 0 Å². The summed E-state index contributed by atoms with van der Waals surface area (Å²) in [5.74, 6) is 0.226. The fourth-order valence-electron chi connectivity index (χ4n) is 2.36. The van der Waals surface area contributed by atoms with Gasteiger partial charge in [-0.25, -0.2) is 0 Å². The van der Waals surface area contributed by atoms with E-state index in [1.165, 1.54) is 0 Å². The third kappa shape index (κ3) is 2.81. The van der Waals surface area contributed by atoms with Gasteiger partial charge in [-0.3, -0.25) is 4.79 Å². The molecule has 2 heterocycles. The summed E-state index contributed by atoms with van der Waals surface area (Å²) in [6.07, 6.45) is 2.31. The molecule has 18 heavy (non-hydrogen) atoms. The number of nitrogens with zero attached hydrogens (tertiary/aromatic N) is 1. The zero-order valence-electron chi connectivity index (χ0n) is 10.2. The van der Waals surface area contributed by atoms with Gasteiger partial charge in [-0.15, -0.1) is 11.3 Å². The highest BCUT2D eigenvalue weighted by atomic mass is 79.9. The topological polar surface area (TPSA) is 46.3 Å². The second-order valence-corrected chi connectivity index (χ2v) is 7.76. The highest BCUT2D eigenvalue weighted by Crippen LogP contribution is 2.40. The molecule has 1 aliphatic heterocycles. The van der Waals surface area contributed by atoms with Gasteiger partial charge in [-0.1, -0.05) is 6.92 Å². The number of hydrogen-bond donors (Lipinski definition) is 1. The third-order valence-corrected chi connectivity index (χ3v) is 6.50. The van der Waals surface area contributed by atoms with Crippen LogP contribution < -0.4 is 5.73 Å². The number of carbonyl (C=O) groups is 1. The predicted octanol–water partition coefficient (Wildman–Crippen LogP) is 3.67. The molecule has 2 rings (SSSR count). The molecule has 0 bridgehead atoms. The Hall–Kier alpha value is 0.0900. The van der Waals surface area contributed by atoms with Gasteiger partial charge >= 0.3 is 0 Å². The van der Waals surface area contributed by atoms with E-state index in [0.717, 1.165) is 32.5 Å². The van der Waals surface area contributed by atoms with Crippen LogP contribution in [-0.4, -0.2) is 23.4 Å². The van der Waals surface area contributed by atoms with Crippen LogP contribution in [0.15, 0.2) is 14.3 Å². The minimum atomic E-state index is 0.0267. The van der Waals surface area contributed by atoms with Crippen LogP contribution >= 0.6 is 43.2 Å². The molecule has 0 saturated carbocycles. The summed E-state index contributed by atoms with van der Waals surface area (Å²) in [5.41, 5.74) is 6.24. The molecule has 2 atom stereocenters. The molecule has 1 aromatic heterocycles. The van der Waals surface area contributed by atoms with E-state index in [1.54, 1.807) is 11.3 Å². The largest absolute Gasteiger partial charge is 0.333 e. The number of nitrogens with two attached hydrogens (primary N) is 1. The lowest BCUT2D eigenvalue weighted by Gasteiger charge is -2.39. The van der Waals surface area contributed by atoms with Crippen molar-refractivity contribution in [2.75, 3.05) is 6.54 Å². The lowest BCUT2D eigenvalue weighted by Crippen LogP contribution is -2.48. The molecule has 1 fully saturated rings. The number of piperidine rings is 1. The number of amides is 1. The van der Waals surface area contributed by atoms with Crippen molar-refractivity contribution in [3.8, 4) is 0 Å². The second-order valence-electron chi connectivity index (χ2n) is 4.50. The Balaban J connectivity index is 2.32. The first kappa shape index (κ1) is 14.5. The molecule has 2 N–H and O–H groups in total. The molecule has 1 saturated heterocycles. The summed E-state index contributed by atoms with van der Waals surface area (Å²) < 4.78 is 2.09. The first-order valence-electron chi connectivity index (χ1n) is 6.04. The summed E-state index contributed by atoms with van der Waals surface area (Å²) in [7, 11) is 0. The highest BCUT2D eigenvalue weighted by Gasteiger charge is 2.35. The molecular formula is C12H16Br2N2OS. The molecule has 6 heteroatoms. The maximum atomic E-state index is 12.1. The van der Waals surface area contributed by atoms with E-state index in [2.05, 4.69) is 44.8 Å². The number of carbonyl (C=O) groups excluding carboxylic acids is 1. The van der Waals surface area contributed by atoms with Crippen molar-refractivity contribution in [3.05, 3.63) is 19.2 Å². The van der Waals surface area contributed by atoms with E-state index in [0.29, 0.717) is 6.42 Å². The van der Waals surface area contributed by atoms with Gasteiger partial charge in [0.15, 0.2) is 0 Å². The van der Waals surface area contributed by atoms with Crippen LogP contribution in [-0.2, 0) is 4.79 Å².